The number of nitrogens with zero attached hydrogens (tertiary/aromatic N) is 3. The summed E-state index contributed by atoms with van der Waals surface area (Å²) in [6.07, 6.45) is 0. The van der Waals surface area contributed by atoms with Gasteiger partial charge in [0.2, 0.25) is 0 Å². The van der Waals surface area contributed by atoms with Crippen molar-refractivity contribution in [1.82, 2.24) is 9.80 Å². The molecular weight excluding hydrogens is 220 g/mol. The van der Waals surface area contributed by atoms with Crippen molar-refractivity contribution in [3.8, 4) is 0 Å². The summed E-state index contributed by atoms with van der Waals surface area (Å²) in [5.74, 6) is 0.265. The van der Waals surface area contributed by atoms with E-state index in [1.54, 1.807) is 0 Å². The van der Waals surface area contributed by atoms with E-state index in [2.05, 4.69) is 28.8 Å². The van der Waals surface area contributed by atoms with Crippen LogP contribution in [-0.2, 0) is 4.74 Å². The Morgan fingerprint density at radius 1 is 1.47 bits per heavy atom. The molecule has 1 aliphatic rings. The Morgan fingerprint density at radius 2 is 2.12 bits per heavy atom. The van der Waals surface area contributed by atoms with Crippen LogP contribution in [0.15, 0.2) is 5.16 Å². The van der Waals surface area contributed by atoms with E-state index in [1.165, 1.54) is 0 Å². The van der Waals surface area contributed by atoms with Gasteiger partial charge in [-0.2, -0.15) is 0 Å². The molecule has 100 valence electrons. The molecule has 17 heavy (non-hydrogen) atoms. The molecule has 0 amide bonds. The van der Waals surface area contributed by atoms with Crippen LogP contribution >= 0.6 is 0 Å². The molecule has 0 atom stereocenters. The largest absolute Gasteiger partial charge is 0.409 e. The second kappa shape index (κ2) is 7.47. The van der Waals surface area contributed by atoms with E-state index in [4.69, 9.17) is 15.7 Å². The van der Waals surface area contributed by atoms with Gasteiger partial charge in [-0.15, -0.1) is 0 Å². The fourth-order valence-electron chi connectivity index (χ4n) is 1.85. The summed E-state index contributed by atoms with van der Waals surface area (Å²) >= 11 is 0. The van der Waals surface area contributed by atoms with Gasteiger partial charge in [-0.3, -0.25) is 9.80 Å². The Kier molecular flexibility index (Phi) is 6.25. The lowest BCUT2D eigenvalue weighted by Crippen LogP contribution is -2.45. The van der Waals surface area contributed by atoms with Gasteiger partial charge in [0, 0.05) is 32.2 Å². The maximum atomic E-state index is 8.59. The fraction of sp³-hybridized carbons (Fsp3) is 0.909. The van der Waals surface area contributed by atoms with Crippen LogP contribution in [0.2, 0.25) is 0 Å². The number of ether oxygens (including phenoxy) is 1. The molecule has 1 heterocycles. The summed E-state index contributed by atoms with van der Waals surface area (Å²) in [7, 11) is 0. The Morgan fingerprint density at radius 3 is 2.65 bits per heavy atom. The summed E-state index contributed by atoms with van der Waals surface area (Å²) in [6, 6.07) is 0.386. The molecule has 3 N–H and O–H groups in total. The molecule has 0 bridgehead atoms. The number of hydrogen-bond donors (Lipinski definition) is 2. The smallest absolute Gasteiger partial charge is 0.153 e. The van der Waals surface area contributed by atoms with Crippen LogP contribution in [0, 0.1) is 0 Å². The van der Waals surface area contributed by atoms with E-state index in [1.807, 2.05) is 0 Å². The van der Waals surface area contributed by atoms with Crippen LogP contribution < -0.4 is 5.73 Å². The predicted octanol–water partition coefficient (Wildman–Crippen LogP) is -0.225. The molecule has 1 saturated heterocycles. The maximum absolute atomic E-state index is 8.59. The number of nitrogens with two attached hydrogens (primary N) is 1. The van der Waals surface area contributed by atoms with Crippen molar-refractivity contribution >= 4 is 5.84 Å². The monoisotopic (exact) mass is 244 g/mol. The third kappa shape index (κ3) is 5.34. The van der Waals surface area contributed by atoms with Crippen molar-refractivity contribution in [3.05, 3.63) is 0 Å². The van der Waals surface area contributed by atoms with Crippen LogP contribution in [0.4, 0.5) is 0 Å². The number of morpholine rings is 1. The fourth-order valence-corrected chi connectivity index (χ4v) is 1.85. The van der Waals surface area contributed by atoms with Gasteiger partial charge >= 0.3 is 0 Å². The molecule has 0 spiro atoms. The van der Waals surface area contributed by atoms with Crippen molar-refractivity contribution in [2.75, 3.05) is 45.9 Å². The molecule has 0 aromatic rings. The SMILES string of the molecule is CC(C)N(CCN1CCOCC1)CC(N)=NO. The average molecular weight is 244 g/mol. The topological polar surface area (TPSA) is 74.3 Å². The van der Waals surface area contributed by atoms with Crippen molar-refractivity contribution in [1.29, 1.82) is 0 Å². The first-order valence-corrected chi connectivity index (χ1v) is 6.14. The molecule has 0 radical (unpaired) electrons. The lowest BCUT2D eigenvalue weighted by atomic mass is 10.3. The zero-order chi connectivity index (χ0) is 12.7. The third-order valence-electron chi connectivity index (χ3n) is 3.03. The molecule has 1 rings (SSSR count). The molecule has 0 unspecified atom stereocenters. The third-order valence-corrected chi connectivity index (χ3v) is 3.03. The molecule has 1 fully saturated rings. The van der Waals surface area contributed by atoms with E-state index >= 15 is 0 Å². The number of amidine groups is 1. The van der Waals surface area contributed by atoms with E-state index < -0.39 is 0 Å². The van der Waals surface area contributed by atoms with E-state index in [0.29, 0.717) is 12.6 Å². The lowest BCUT2D eigenvalue weighted by Gasteiger charge is -2.31. The van der Waals surface area contributed by atoms with E-state index in [-0.39, 0.29) is 5.84 Å². The highest BCUT2D eigenvalue weighted by Gasteiger charge is 2.15. The predicted molar refractivity (Wildman–Crippen MR) is 67.4 cm³/mol. The number of rotatable bonds is 6. The van der Waals surface area contributed by atoms with Crippen molar-refractivity contribution in [3.63, 3.8) is 0 Å². The molecule has 0 aromatic carbocycles. The standard InChI is InChI=1S/C11H24N4O2/c1-10(2)15(9-11(12)13-16)4-3-14-5-7-17-8-6-14/h10,16H,3-9H2,1-2H3,(H2,12,13). The van der Waals surface area contributed by atoms with Crippen LogP contribution in [0.3, 0.4) is 0 Å². The Hall–Kier alpha value is -0.850. The van der Waals surface area contributed by atoms with Crippen molar-refractivity contribution in [2.45, 2.75) is 19.9 Å². The van der Waals surface area contributed by atoms with Crippen LogP contribution in [0.1, 0.15) is 13.8 Å². The van der Waals surface area contributed by atoms with Gasteiger partial charge in [0.05, 0.1) is 19.8 Å². The van der Waals surface area contributed by atoms with Crippen molar-refractivity contribution < 1.29 is 9.94 Å². The molecule has 0 aromatic heterocycles. The molecule has 6 nitrogen and oxygen atoms in total. The van der Waals surface area contributed by atoms with Gasteiger partial charge in [-0.25, -0.2) is 0 Å². The van der Waals surface area contributed by atoms with E-state index in [9.17, 15) is 0 Å². The minimum absolute atomic E-state index is 0.265. The number of hydrogen-bond acceptors (Lipinski definition) is 5. The summed E-state index contributed by atoms with van der Waals surface area (Å²) in [4.78, 5) is 4.58. The normalized spacial score (nSPS) is 19.2. The Bertz CT molecular complexity index is 240. The second-order valence-corrected chi connectivity index (χ2v) is 4.61. The van der Waals surface area contributed by atoms with E-state index in [0.717, 1.165) is 39.4 Å². The van der Waals surface area contributed by atoms with Gasteiger partial charge in [0.25, 0.3) is 0 Å². The second-order valence-electron chi connectivity index (χ2n) is 4.61. The Balaban J connectivity index is 2.33. The Labute approximate surface area is 103 Å². The lowest BCUT2D eigenvalue weighted by molar-refractivity contribution is 0.0326. The van der Waals surface area contributed by atoms with Crippen LogP contribution in [-0.4, -0.2) is 72.8 Å². The summed E-state index contributed by atoms with van der Waals surface area (Å²) in [5, 5.41) is 11.6. The quantitative estimate of drug-likeness (QED) is 0.292. The van der Waals surface area contributed by atoms with Gasteiger partial charge < -0.3 is 15.7 Å². The highest BCUT2D eigenvalue weighted by atomic mass is 16.5. The van der Waals surface area contributed by atoms with Gasteiger partial charge in [0.1, 0.15) is 0 Å². The summed E-state index contributed by atoms with van der Waals surface area (Å²) in [6.45, 7) is 10.3. The van der Waals surface area contributed by atoms with Crippen LogP contribution in [0.5, 0.6) is 0 Å². The summed E-state index contributed by atoms with van der Waals surface area (Å²) < 4.78 is 5.31. The minimum Gasteiger partial charge on any atom is -0.409 e. The maximum Gasteiger partial charge on any atom is 0.153 e. The number of oxime groups is 1. The molecule has 0 aliphatic carbocycles. The molecular formula is C11H24N4O2. The van der Waals surface area contributed by atoms with Gasteiger partial charge in [-0.1, -0.05) is 5.16 Å². The first kappa shape index (κ1) is 14.2. The first-order valence-electron chi connectivity index (χ1n) is 6.14. The highest BCUT2D eigenvalue weighted by Crippen LogP contribution is 2.01. The average Bonchev–Trinajstić information content (AvgIpc) is 2.35. The van der Waals surface area contributed by atoms with Gasteiger partial charge in [-0.05, 0) is 13.8 Å². The zero-order valence-electron chi connectivity index (χ0n) is 10.8. The van der Waals surface area contributed by atoms with Gasteiger partial charge in [0.15, 0.2) is 5.84 Å². The minimum atomic E-state index is 0.265. The molecule has 1 aliphatic heterocycles. The molecule has 0 saturated carbocycles. The van der Waals surface area contributed by atoms with Crippen molar-refractivity contribution in [2.24, 2.45) is 10.9 Å². The zero-order valence-corrected chi connectivity index (χ0v) is 10.8. The van der Waals surface area contributed by atoms with Crippen LogP contribution in [0.25, 0.3) is 0 Å². The first-order chi connectivity index (χ1) is 8.13. The highest BCUT2D eigenvalue weighted by molar-refractivity contribution is 5.81. The molecule has 6 heteroatoms. The summed E-state index contributed by atoms with van der Waals surface area (Å²) in [5.41, 5.74) is 5.55.